The predicted octanol–water partition coefficient (Wildman–Crippen LogP) is 1.83. The number of nitrogens with one attached hydrogen (secondary N) is 1. The SMILES string of the molecule is COc1ccc(C(=O)N[C@@H]2CCCC[C@H]2N)cc1F. The molecule has 0 radical (unpaired) electrons. The van der Waals surface area contributed by atoms with Crippen LogP contribution in [-0.4, -0.2) is 25.1 Å². The summed E-state index contributed by atoms with van der Waals surface area (Å²) in [6.07, 6.45) is 3.97. The van der Waals surface area contributed by atoms with Gasteiger partial charge in [0.1, 0.15) is 0 Å². The molecule has 0 bridgehead atoms. The molecule has 104 valence electrons. The van der Waals surface area contributed by atoms with Crippen molar-refractivity contribution in [2.75, 3.05) is 7.11 Å². The standard InChI is InChI=1S/C14H19FN2O2/c1-19-13-7-6-9(8-10(13)15)14(18)17-12-5-3-2-4-11(12)16/h6-8,11-12H,2-5,16H2,1H3,(H,17,18)/t11-,12-/m1/s1. The van der Waals surface area contributed by atoms with Crippen LogP contribution in [0.1, 0.15) is 36.0 Å². The lowest BCUT2D eigenvalue weighted by molar-refractivity contribution is 0.0920. The Morgan fingerprint density at radius 2 is 2.16 bits per heavy atom. The Bertz CT molecular complexity index is 465. The van der Waals surface area contributed by atoms with Crippen LogP contribution in [-0.2, 0) is 0 Å². The summed E-state index contributed by atoms with van der Waals surface area (Å²) in [5.74, 6) is -0.696. The molecule has 1 fully saturated rings. The summed E-state index contributed by atoms with van der Waals surface area (Å²) in [6.45, 7) is 0. The topological polar surface area (TPSA) is 64.3 Å². The first-order valence-electron chi connectivity index (χ1n) is 6.52. The highest BCUT2D eigenvalue weighted by atomic mass is 19.1. The van der Waals surface area contributed by atoms with E-state index in [1.807, 2.05) is 0 Å². The minimum atomic E-state index is -0.539. The number of amides is 1. The Balaban J connectivity index is 2.05. The maximum atomic E-state index is 13.5. The van der Waals surface area contributed by atoms with Crippen LogP contribution in [0.5, 0.6) is 5.75 Å². The lowest BCUT2D eigenvalue weighted by Crippen LogP contribution is -2.49. The monoisotopic (exact) mass is 266 g/mol. The highest BCUT2D eigenvalue weighted by molar-refractivity contribution is 5.94. The van der Waals surface area contributed by atoms with Crippen molar-refractivity contribution in [1.82, 2.24) is 5.32 Å². The van der Waals surface area contributed by atoms with E-state index in [4.69, 9.17) is 10.5 Å². The van der Waals surface area contributed by atoms with Crippen LogP contribution in [0.2, 0.25) is 0 Å². The van der Waals surface area contributed by atoms with E-state index in [1.165, 1.54) is 19.2 Å². The Morgan fingerprint density at radius 1 is 1.42 bits per heavy atom. The molecule has 1 aromatic carbocycles. The zero-order valence-corrected chi connectivity index (χ0v) is 11.0. The largest absolute Gasteiger partial charge is 0.494 e. The molecule has 19 heavy (non-hydrogen) atoms. The number of hydrogen-bond donors (Lipinski definition) is 2. The molecule has 0 heterocycles. The first-order chi connectivity index (χ1) is 9.11. The highest BCUT2D eigenvalue weighted by Gasteiger charge is 2.23. The molecule has 3 N–H and O–H groups in total. The van der Waals surface area contributed by atoms with Crippen LogP contribution in [0.15, 0.2) is 18.2 Å². The number of carbonyl (C=O) groups excluding carboxylic acids is 1. The van der Waals surface area contributed by atoms with Crippen LogP contribution in [0, 0.1) is 5.82 Å². The van der Waals surface area contributed by atoms with E-state index in [0.717, 1.165) is 25.7 Å². The van der Waals surface area contributed by atoms with E-state index in [-0.39, 0.29) is 29.3 Å². The average Bonchev–Trinajstić information content (AvgIpc) is 2.41. The summed E-state index contributed by atoms with van der Waals surface area (Å²) >= 11 is 0. The fraction of sp³-hybridized carbons (Fsp3) is 0.500. The van der Waals surface area contributed by atoms with Gasteiger partial charge in [-0.15, -0.1) is 0 Å². The second-order valence-corrected chi connectivity index (χ2v) is 4.88. The molecule has 1 amide bonds. The lowest BCUT2D eigenvalue weighted by atomic mass is 9.91. The van der Waals surface area contributed by atoms with Gasteiger partial charge in [0.2, 0.25) is 0 Å². The van der Waals surface area contributed by atoms with Gasteiger partial charge in [-0.05, 0) is 31.0 Å². The summed E-state index contributed by atoms with van der Waals surface area (Å²) in [5.41, 5.74) is 6.26. The van der Waals surface area contributed by atoms with Gasteiger partial charge >= 0.3 is 0 Å². The van der Waals surface area contributed by atoms with Gasteiger partial charge < -0.3 is 15.8 Å². The predicted molar refractivity (Wildman–Crippen MR) is 70.6 cm³/mol. The average molecular weight is 266 g/mol. The highest BCUT2D eigenvalue weighted by Crippen LogP contribution is 2.20. The van der Waals surface area contributed by atoms with Crippen LogP contribution in [0.4, 0.5) is 4.39 Å². The molecule has 1 aromatic rings. The molecule has 5 heteroatoms. The minimum Gasteiger partial charge on any atom is -0.494 e. The molecule has 0 aromatic heterocycles. The fourth-order valence-corrected chi connectivity index (χ4v) is 2.40. The van der Waals surface area contributed by atoms with E-state index < -0.39 is 5.82 Å². The van der Waals surface area contributed by atoms with Crippen LogP contribution < -0.4 is 15.8 Å². The van der Waals surface area contributed by atoms with Gasteiger partial charge in [-0.1, -0.05) is 12.8 Å². The second kappa shape index (κ2) is 6.02. The molecule has 0 saturated heterocycles. The van der Waals surface area contributed by atoms with Gasteiger partial charge in [-0.2, -0.15) is 0 Å². The Kier molecular flexibility index (Phi) is 4.37. The Hall–Kier alpha value is -1.62. The molecule has 1 aliphatic rings. The summed E-state index contributed by atoms with van der Waals surface area (Å²) in [4.78, 5) is 12.0. The van der Waals surface area contributed by atoms with Crippen molar-refractivity contribution < 1.29 is 13.9 Å². The molecule has 0 aliphatic heterocycles. The lowest BCUT2D eigenvalue weighted by Gasteiger charge is -2.29. The molecule has 1 aliphatic carbocycles. The van der Waals surface area contributed by atoms with Crippen LogP contribution >= 0.6 is 0 Å². The summed E-state index contributed by atoms with van der Waals surface area (Å²) < 4.78 is 18.4. The molecule has 0 unspecified atom stereocenters. The Labute approximate surface area is 112 Å². The first-order valence-corrected chi connectivity index (χ1v) is 6.52. The van der Waals surface area contributed by atoms with E-state index in [0.29, 0.717) is 0 Å². The Morgan fingerprint density at radius 3 is 2.79 bits per heavy atom. The smallest absolute Gasteiger partial charge is 0.251 e. The van der Waals surface area contributed by atoms with Crippen molar-refractivity contribution in [3.63, 3.8) is 0 Å². The number of benzene rings is 1. The van der Waals surface area contributed by atoms with E-state index >= 15 is 0 Å². The van der Waals surface area contributed by atoms with Crippen LogP contribution in [0.25, 0.3) is 0 Å². The molecular formula is C14H19FN2O2. The molecule has 1 saturated carbocycles. The molecule has 0 spiro atoms. The van der Waals surface area contributed by atoms with E-state index in [1.54, 1.807) is 6.07 Å². The number of ether oxygens (including phenoxy) is 1. The number of methoxy groups -OCH3 is 1. The number of carbonyl (C=O) groups is 1. The van der Waals surface area contributed by atoms with E-state index in [2.05, 4.69) is 5.32 Å². The molecular weight excluding hydrogens is 247 g/mol. The van der Waals surface area contributed by atoms with E-state index in [9.17, 15) is 9.18 Å². The summed E-state index contributed by atoms with van der Waals surface area (Å²) in [5, 5.41) is 2.88. The van der Waals surface area contributed by atoms with Gasteiger partial charge in [0.05, 0.1) is 7.11 Å². The van der Waals surface area contributed by atoms with Crippen LogP contribution in [0.3, 0.4) is 0 Å². The summed E-state index contributed by atoms with van der Waals surface area (Å²) in [6, 6.07) is 4.14. The van der Waals surface area contributed by atoms with Crippen molar-refractivity contribution in [3.8, 4) is 5.75 Å². The van der Waals surface area contributed by atoms with Crippen molar-refractivity contribution in [3.05, 3.63) is 29.6 Å². The van der Waals surface area contributed by atoms with Gasteiger partial charge in [0, 0.05) is 17.6 Å². The van der Waals surface area contributed by atoms with Crippen molar-refractivity contribution >= 4 is 5.91 Å². The summed E-state index contributed by atoms with van der Waals surface area (Å²) in [7, 11) is 1.39. The van der Waals surface area contributed by atoms with Gasteiger partial charge in [0.15, 0.2) is 11.6 Å². The quantitative estimate of drug-likeness (QED) is 0.877. The van der Waals surface area contributed by atoms with Gasteiger partial charge in [-0.3, -0.25) is 4.79 Å². The van der Waals surface area contributed by atoms with Crippen molar-refractivity contribution in [2.24, 2.45) is 5.73 Å². The molecule has 2 atom stereocenters. The maximum Gasteiger partial charge on any atom is 0.251 e. The zero-order chi connectivity index (χ0) is 13.8. The normalized spacial score (nSPS) is 22.9. The van der Waals surface area contributed by atoms with Crippen molar-refractivity contribution in [1.29, 1.82) is 0 Å². The second-order valence-electron chi connectivity index (χ2n) is 4.88. The van der Waals surface area contributed by atoms with Gasteiger partial charge in [-0.25, -0.2) is 4.39 Å². The maximum absolute atomic E-state index is 13.5. The number of hydrogen-bond acceptors (Lipinski definition) is 3. The third kappa shape index (κ3) is 3.23. The van der Waals surface area contributed by atoms with Gasteiger partial charge in [0.25, 0.3) is 5.91 Å². The molecule has 4 nitrogen and oxygen atoms in total. The number of nitrogens with two attached hydrogens (primary N) is 1. The molecule has 2 rings (SSSR count). The number of halogens is 1. The van der Waals surface area contributed by atoms with Crippen molar-refractivity contribution in [2.45, 2.75) is 37.8 Å². The minimum absolute atomic E-state index is 0.0132. The number of rotatable bonds is 3. The third-order valence-corrected chi connectivity index (χ3v) is 3.55. The fourth-order valence-electron chi connectivity index (χ4n) is 2.40. The third-order valence-electron chi connectivity index (χ3n) is 3.55. The zero-order valence-electron chi connectivity index (χ0n) is 11.0. The first kappa shape index (κ1) is 13.8.